The number of benzene rings is 1. The maximum Gasteiger partial charge on any atom is 0.0725 e. The molecule has 0 amide bonds. The molecule has 104 valence electrons. The van der Waals surface area contributed by atoms with E-state index in [1.54, 1.807) is 0 Å². The fraction of sp³-hybridized carbons (Fsp3) is 0.625. The Balaban J connectivity index is 1.81. The van der Waals surface area contributed by atoms with Crippen LogP contribution < -0.4 is 11.3 Å². The first-order valence-electron chi connectivity index (χ1n) is 7.43. The molecule has 1 aromatic carbocycles. The molecule has 0 radical (unpaired) electrons. The van der Waals surface area contributed by atoms with Crippen molar-refractivity contribution in [3.05, 3.63) is 34.9 Å². The Kier molecular flexibility index (Phi) is 3.87. The molecule has 3 N–H and O–H groups in total. The van der Waals surface area contributed by atoms with Gasteiger partial charge in [-0.15, -0.1) is 0 Å². The lowest BCUT2D eigenvalue weighted by molar-refractivity contribution is 0.134. The second-order valence-electron chi connectivity index (χ2n) is 6.20. The van der Waals surface area contributed by atoms with Crippen molar-refractivity contribution >= 4 is 0 Å². The van der Waals surface area contributed by atoms with E-state index in [0.29, 0.717) is 5.92 Å². The van der Waals surface area contributed by atoms with Crippen molar-refractivity contribution in [2.24, 2.45) is 17.7 Å². The molecule has 1 aliphatic carbocycles. The quantitative estimate of drug-likeness (QED) is 0.648. The third-order valence-corrected chi connectivity index (χ3v) is 4.73. The van der Waals surface area contributed by atoms with Gasteiger partial charge in [-0.05, 0) is 41.4 Å². The number of fused-ring (bicyclic) bond motifs is 1. The van der Waals surface area contributed by atoms with Crippen LogP contribution in [0.4, 0.5) is 0 Å². The van der Waals surface area contributed by atoms with Gasteiger partial charge in [0.15, 0.2) is 0 Å². The summed E-state index contributed by atoms with van der Waals surface area (Å²) in [5.74, 6) is 7.33. The first kappa shape index (κ1) is 13.1. The first-order chi connectivity index (χ1) is 9.28. The highest BCUT2D eigenvalue weighted by Gasteiger charge is 2.27. The third-order valence-electron chi connectivity index (χ3n) is 4.73. The molecule has 1 heterocycles. The van der Waals surface area contributed by atoms with Crippen LogP contribution >= 0.6 is 0 Å². The van der Waals surface area contributed by atoms with Crippen molar-refractivity contribution in [3.8, 4) is 0 Å². The van der Waals surface area contributed by atoms with E-state index in [1.807, 2.05) is 0 Å². The van der Waals surface area contributed by atoms with Gasteiger partial charge >= 0.3 is 0 Å². The molecule has 0 spiro atoms. The van der Waals surface area contributed by atoms with E-state index in [2.05, 4.69) is 30.5 Å². The topological polar surface area (TPSA) is 47.3 Å². The predicted molar refractivity (Wildman–Crippen MR) is 76.1 cm³/mol. The second kappa shape index (κ2) is 5.61. The van der Waals surface area contributed by atoms with Gasteiger partial charge in [-0.1, -0.05) is 38.0 Å². The second-order valence-corrected chi connectivity index (χ2v) is 6.20. The Labute approximate surface area is 115 Å². The first-order valence-corrected chi connectivity index (χ1v) is 7.43. The molecule has 1 fully saturated rings. The lowest BCUT2D eigenvalue weighted by Crippen LogP contribution is -2.35. The van der Waals surface area contributed by atoms with Crippen molar-refractivity contribution < 1.29 is 4.74 Å². The molecule has 3 unspecified atom stereocenters. The lowest BCUT2D eigenvalue weighted by Gasteiger charge is -2.33. The van der Waals surface area contributed by atoms with E-state index in [4.69, 9.17) is 10.6 Å². The standard InChI is InChI=1S/C16H24N2O/c1-11-3-2-4-12(7-11)16(18-17)13-5-6-14-9-19-10-15(14)8-13/h5-6,8,11-12,16,18H,2-4,7,9-10,17H2,1H3. The Morgan fingerprint density at radius 1 is 1.26 bits per heavy atom. The number of hydrazine groups is 1. The number of nitrogens with one attached hydrogen (secondary N) is 1. The van der Waals surface area contributed by atoms with Gasteiger partial charge in [0.05, 0.1) is 13.2 Å². The Morgan fingerprint density at radius 3 is 2.89 bits per heavy atom. The van der Waals surface area contributed by atoms with Crippen LogP contribution in [0.25, 0.3) is 0 Å². The van der Waals surface area contributed by atoms with Crippen LogP contribution in [0, 0.1) is 11.8 Å². The summed E-state index contributed by atoms with van der Waals surface area (Å²) in [5, 5.41) is 0. The minimum Gasteiger partial charge on any atom is -0.372 e. The Bertz CT molecular complexity index is 446. The summed E-state index contributed by atoms with van der Waals surface area (Å²) in [6, 6.07) is 6.99. The summed E-state index contributed by atoms with van der Waals surface area (Å²) < 4.78 is 5.49. The van der Waals surface area contributed by atoms with Crippen molar-refractivity contribution in [3.63, 3.8) is 0 Å². The minimum atomic E-state index is 0.286. The highest BCUT2D eigenvalue weighted by atomic mass is 16.5. The average Bonchev–Trinajstić information content (AvgIpc) is 2.87. The van der Waals surface area contributed by atoms with Crippen molar-refractivity contribution in [1.29, 1.82) is 0 Å². The largest absolute Gasteiger partial charge is 0.372 e. The summed E-state index contributed by atoms with van der Waals surface area (Å²) in [5.41, 5.74) is 7.05. The monoisotopic (exact) mass is 260 g/mol. The normalized spacial score (nSPS) is 28.1. The van der Waals surface area contributed by atoms with Crippen LogP contribution in [-0.4, -0.2) is 0 Å². The zero-order valence-electron chi connectivity index (χ0n) is 11.7. The van der Waals surface area contributed by atoms with Crippen LogP contribution in [0.1, 0.15) is 55.3 Å². The number of nitrogens with two attached hydrogens (primary N) is 1. The maximum atomic E-state index is 5.85. The van der Waals surface area contributed by atoms with Crippen molar-refractivity contribution in [1.82, 2.24) is 5.43 Å². The highest BCUT2D eigenvalue weighted by molar-refractivity contribution is 5.34. The number of hydrogen-bond donors (Lipinski definition) is 2. The van der Waals surface area contributed by atoms with Crippen LogP contribution in [0.3, 0.4) is 0 Å². The third kappa shape index (κ3) is 2.69. The smallest absolute Gasteiger partial charge is 0.0725 e. The van der Waals surface area contributed by atoms with Gasteiger partial charge in [-0.3, -0.25) is 11.3 Å². The molecular formula is C16H24N2O. The molecule has 3 atom stereocenters. The fourth-order valence-electron chi connectivity index (χ4n) is 3.67. The number of hydrogen-bond acceptors (Lipinski definition) is 3. The molecule has 1 aliphatic heterocycles. The zero-order valence-corrected chi connectivity index (χ0v) is 11.7. The van der Waals surface area contributed by atoms with Gasteiger partial charge in [0, 0.05) is 6.04 Å². The van der Waals surface area contributed by atoms with E-state index in [1.165, 1.54) is 42.4 Å². The van der Waals surface area contributed by atoms with Gasteiger partial charge in [0.25, 0.3) is 0 Å². The lowest BCUT2D eigenvalue weighted by atomic mass is 9.76. The molecule has 0 bridgehead atoms. The Morgan fingerprint density at radius 2 is 2.11 bits per heavy atom. The summed E-state index contributed by atoms with van der Waals surface area (Å²) >= 11 is 0. The van der Waals surface area contributed by atoms with Crippen LogP contribution in [0.5, 0.6) is 0 Å². The van der Waals surface area contributed by atoms with Crippen LogP contribution in [0.2, 0.25) is 0 Å². The van der Waals surface area contributed by atoms with Crippen LogP contribution in [-0.2, 0) is 18.0 Å². The molecule has 2 aliphatic rings. The molecule has 0 saturated heterocycles. The van der Waals surface area contributed by atoms with E-state index in [0.717, 1.165) is 19.1 Å². The molecule has 3 heteroatoms. The highest BCUT2D eigenvalue weighted by Crippen LogP contribution is 2.37. The summed E-state index contributed by atoms with van der Waals surface area (Å²) in [6.07, 6.45) is 5.26. The zero-order chi connectivity index (χ0) is 13.2. The minimum absolute atomic E-state index is 0.286. The van der Waals surface area contributed by atoms with Gasteiger partial charge in [0.2, 0.25) is 0 Å². The van der Waals surface area contributed by atoms with Crippen molar-refractivity contribution in [2.75, 3.05) is 0 Å². The van der Waals surface area contributed by atoms with E-state index >= 15 is 0 Å². The molecule has 19 heavy (non-hydrogen) atoms. The van der Waals surface area contributed by atoms with Gasteiger partial charge in [0.1, 0.15) is 0 Å². The van der Waals surface area contributed by atoms with Gasteiger partial charge < -0.3 is 4.74 Å². The molecule has 1 saturated carbocycles. The van der Waals surface area contributed by atoms with E-state index < -0.39 is 0 Å². The molecule has 0 aromatic heterocycles. The SMILES string of the molecule is CC1CCCC(C(NN)c2ccc3c(c2)COC3)C1. The predicted octanol–water partition coefficient (Wildman–Crippen LogP) is 3.05. The summed E-state index contributed by atoms with van der Waals surface area (Å²) in [6.45, 7) is 3.87. The van der Waals surface area contributed by atoms with E-state index in [9.17, 15) is 0 Å². The van der Waals surface area contributed by atoms with E-state index in [-0.39, 0.29) is 6.04 Å². The Hall–Kier alpha value is -0.900. The summed E-state index contributed by atoms with van der Waals surface area (Å²) in [7, 11) is 0. The molecule has 1 aromatic rings. The number of ether oxygens (including phenoxy) is 1. The molecule has 3 nitrogen and oxygen atoms in total. The average molecular weight is 260 g/mol. The van der Waals surface area contributed by atoms with Crippen LogP contribution in [0.15, 0.2) is 18.2 Å². The molecule has 3 rings (SSSR count). The maximum absolute atomic E-state index is 5.85. The number of rotatable bonds is 3. The van der Waals surface area contributed by atoms with Gasteiger partial charge in [-0.2, -0.15) is 0 Å². The van der Waals surface area contributed by atoms with Gasteiger partial charge in [-0.25, -0.2) is 0 Å². The molecular weight excluding hydrogens is 236 g/mol. The van der Waals surface area contributed by atoms with Crippen molar-refractivity contribution in [2.45, 2.75) is 51.9 Å². The summed E-state index contributed by atoms with van der Waals surface area (Å²) in [4.78, 5) is 0. The fourth-order valence-corrected chi connectivity index (χ4v) is 3.67.